The number of anilines is 1. The molecule has 3 nitrogen and oxygen atoms in total. The second kappa shape index (κ2) is 5.35. The maximum atomic E-state index is 6.12. The van der Waals surface area contributed by atoms with Gasteiger partial charge in [0.2, 0.25) is 0 Å². The quantitative estimate of drug-likeness (QED) is 0.838. The molecule has 0 atom stereocenters. The van der Waals surface area contributed by atoms with E-state index in [0.717, 1.165) is 36.6 Å². The van der Waals surface area contributed by atoms with E-state index in [1.54, 1.807) is 16.0 Å². The molecule has 0 unspecified atom stereocenters. The van der Waals surface area contributed by atoms with Crippen molar-refractivity contribution in [1.82, 2.24) is 9.78 Å². The van der Waals surface area contributed by atoms with Gasteiger partial charge in [0.1, 0.15) is 5.82 Å². The molecule has 2 N–H and O–H groups in total. The van der Waals surface area contributed by atoms with E-state index < -0.39 is 0 Å². The Hall–Kier alpha value is -0.330. The Kier molecular flexibility index (Phi) is 4.18. The summed E-state index contributed by atoms with van der Waals surface area (Å²) in [5.41, 5.74) is 9.35. The number of aromatic nitrogens is 2. The molecule has 0 aliphatic rings. The molecule has 0 spiro atoms. The molecular formula is C12H15Br2N3S. The van der Waals surface area contributed by atoms with Gasteiger partial charge < -0.3 is 5.73 Å². The van der Waals surface area contributed by atoms with Crippen LogP contribution < -0.4 is 5.73 Å². The van der Waals surface area contributed by atoms with Gasteiger partial charge in [-0.05, 0) is 50.3 Å². The number of rotatable bonds is 3. The summed E-state index contributed by atoms with van der Waals surface area (Å²) in [6.45, 7) is 4.38. The number of aryl methyl sites for hydroxylation is 1. The molecule has 0 saturated heterocycles. The fourth-order valence-electron chi connectivity index (χ4n) is 1.91. The van der Waals surface area contributed by atoms with Crippen molar-refractivity contribution in [2.24, 2.45) is 13.0 Å². The Morgan fingerprint density at radius 2 is 2.11 bits per heavy atom. The van der Waals surface area contributed by atoms with Crippen LogP contribution in [0.3, 0.4) is 0 Å². The summed E-state index contributed by atoms with van der Waals surface area (Å²) in [4.78, 5) is 0. The lowest BCUT2D eigenvalue weighted by Crippen LogP contribution is -2.02. The van der Waals surface area contributed by atoms with Crippen molar-refractivity contribution < 1.29 is 0 Å². The van der Waals surface area contributed by atoms with Crippen molar-refractivity contribution in [3.8, 4) is 11.3 Å². The third-order valence-electron chi connectivity index (χ3n) is 2.72. The van der Waals surface area contributed by atoms with Gasteiger partial charge in [-0.2, -0.15) is 5.10 Å². The lowest BCUT2D eigenvalue weighted by atomic mass is 10.0. The number of nitrogens with two attached hydrogens (primary N) is 1. The van der Waals surface area contributed by atoms with E-state index >= 15 is 0 Å². The van der Waals surface area contributed by atoms with Crippen LogP contribution in [0, 0.1) is 5.92 Å². The molecule has 18 heavy (non-hydrogen) atoms. The first-order chi connectivity index (χ1) is 8.40. The average Bonchev–Trinajstić information content (AvgIpc) is 2.72. The van der Waals surface area contributed by atoms with E-state index in [1.807, 2.05) is 7.05 Å². The van der Waals surface area contributed by atoms with E-state index in [4.69, 9.17) is 5.73 Å². The monoisotopic (exact) mass is 391 g/mol. The highest BCUT2D eigenvalue weighted by Crippen LogP contribution is 2.40. The zero-order valence-corrected chi connectivity index (χ0v) is 14.5. The van der Waals surface area contributed by atoms with Gasteiger partial charge in [-0.3, -0.25) is 4.68 Å². The molecule has 98 valence electrons. The number of thiophene rings is 1. The summed E-state index contributed by atoms with van der Waals surface area (Å²) in [6.07, 6.45) is 0.939. The fourth-order valence-corrected chi connectivity index (χ4v) is 4.71. The molecular weight excluding hydrogens is 378 g/mol. The van der Waals surface area contributed by atoms with Crippen molar-refractivity contribution in [3.05, 3.63) is 19.2 Å². The van der Waals surface area contributed by atoms with Crippen LogP contribution in [0.1, 0.15) is 19.4 Å². The zero-order chi connectivity index (χ0) is 13.4. The maximum Gasteiger partial charge on any atom is 0.125 e. The highest BCUT2D eigenvalue weighted by Gasteiger charge is 2.19. The fraction of sp³-hybridized carbons (Fsp3) is 0.417. The van der Waals surface area contributed by atoms with Gasteiger partial charge in [0, 0.05) is 18.2 Å². The third-order valence-corrected chi connectivity index (χ3v) is 5.06. The predicted molar refractivity (Wildman–Crippen MR) is 84.9 cm³/mol. The van der Waals surface area contributed by atoms with Crippen LogP contribution in [-0.2, 0) is 13.5 Å². The molecule has 2 heterocycles. The van der Waals surface area contributed by atoms with Crippen molar-refractivity contribution in [2.45, 2.75) is 20.3 Å². The van der Waals surface area contributed by atoms with Crippen LogP contribution in [0.25, 0.3) is 11.3 Å². The first-order valence-corrected chi connectivity index (χ1v) is 8.07. The summed E-state index contributed by atoms with van der Waals surface area (Å²) in [5, 5.41) is 4.56. The van der Waals surface area contributed by atoms with Crippen LogP contribution >= 0.6 is 43.2 Å². The molecule has 0 fully saturated rings. The smallest absolute Gasteiger partial charge is 0.125 e. The van der Waals surface area contributed by atoms with Crippen molar-refractivity contribution in [3.63, 3.8) is 0 Å². The lowest BCUT2D eigenvalue weighted by Gasteiger charge is -2.06. The Morgan fingerprint density at radius 3 is 2.61 bits per heavy atom. The molecule has 0 bridgehead atoms. The molecule has 2 aromatic rings. The predicted octanol–water partition coefficient (Wildman–Crippen LogP) is 4.45. The van der Waals surface area contributed by atoms with Gasteiger partial charge in [0.25, 0.3) is 0 Å². The van der Waals surface area contributed by atoms with Crippen molar-refractivity contribution in [2.75, 3.05) is 5.73 Å². The summed E-state index contributed by atoms with van der Waals surface area (Å²) in [6, 6.07) is 2.08. The molecule has 0 saturated carbocycles. The Bertz CT molecular complexity index is 572. The zero-order valence-electron chi connectivity index (χ0n) is 10.5. The molecule has 2 aromatic heterocycles. The van der Waals surface area contributed by atoms with Gasteiger partial charge in [-0.25, -0.2) is 0 Å². The largest absolute Gasteiger partial charge is 0.384 e. The van der Waals surface area contributed by atoms with E-state index in [-0.39, 0.29) is 0 Å². The number of nitrogens with zero attached hydrogens (tertiary/aromatic N) is 2. The highest BCUT2D eigenvalue weighted by molar-refractivity contribution is 9.12. The minimum Gasteiger partial charge on any atom is -0.384 e. The number of nitrogen functional groups attached to an aromatic ring is 1. The SMILES string of the molecule is CC(C)Cc1c(-c2cc(Br)sc2Br)nn(C)c1N. The summed E-state index contributed by atoms with van der Waals surface area (Å²) in [5.74, 6) is 1.31. The molecule has 2 rings (SSSR count). The molecule has 0 aliphatic carbocycles. The lowest BCUT2D eigenvalue weighted by molar-refractivity contribution is 0.648. The number of halogens is 2. The molecule has 0 radical (unpaired) electrons. The van der Waals surface area contributed by atoms with Crippen LogP contribution in [0.15, 0.2) is 13.6 Å². The Labute approximate surface area is 128 Å². The van der Waals surface area contributed by atoms with Crippen molar-refractivity contribution >= 4 is 49.0 Å². The first-order valence-electron chi connectivity index (χ1n) is 5.66. The number of hydrogen-bond acceptors (Lipinski definition) is 3. The third kappa shape index (κ3) is 2.65. The van der Waals surface area contributed by atoms with Gasteiger partial charge in [-0.1, -0.05) is 13.8 Å². The Morgan fingerprint density at radius 1 is 1.44 bits per heavy atom. The summed E-state index contributed by atoms with van der Waals surface area (Å²) < 4.78 is 3.92. The summed E-state index contributed by atoms with van der Waals surface area (Å²) >= 11 is 8.74. The highest BCUT2D eigenvalue weighted by atomic mass is 79.9. The van der Waals surface area contributed by atoms with E-state index in [2.05, 4.69) is 56.9 Å². The van der Waals surface area contributed by atoms with E-state index in [1.165, 1.54) is 0 Å². The minimum absolute atomic E-state index is 0.552. The van der Waals surface area contributed by atoms with Crippen molar-refractivity contribution in [1.29, 1.82) is 0 Å². The second-order valence-electron chi connectivity index (χ2n) is 4.67. The van der Waals surface area contributed by atoms with Gasteiger partial charge in [0.15, 0.2) is 0 Å². The normalized spacial score (nSPS) is 11.4. The summed E-state index contributed by atoms with van der Waals surface area (Å²) in [7, 11) is 1.89. The molecule has 0 aliphatic heterocycles. The van der Waals surface area contributed by atoms with Gasteiger partial charge in [-0.15, -0.1) is 11.3 Å². The number of hydrogen-bond donors (Lipinski definition) is 1. The second-order valence-corrected chi connectivity index (χ2v) is 8.42. The maximum absolute atomic E-state index is 6.12. The molecule has 6 heteroatoms. The van der Waals surface area contributed by atoms with Gasteiger partial charge >= 0.3 is 0 Å². The minimum atomic E-state index is 0.552. The molecule has 0 amide bonds. The standard InChI is InChI=1S/C12H15Br2N3S/c1-6(2)4-8-10(16-17(3)12(8)15)7-5-9(13)18-11(7)14/h5-6H,4,15H2,1-3H3. The van der Waals surface area contributed by atoms with E-state index in [0.29, 0.717) is 5.92 Å². The van der Waals surface area contributed by atoms with Crippen LogP contribution in [0.4, 0.5) is 5.82 Å². The van der Waals surface area contributed by atoms with Crippen LogP contribution in [-0.4, -0.2) is 9.78 Å². The molecule has 0 aromatic carbocycles. The van der Waals surface area contributed by atoms with Gasteiger partial charge in [0.05, 0.1) is 13.3 Å². The topological polar surface area (TPSA) is 43.8 Å². The first kappa shape index (κ1) is 14.1. The average molecular weight is 393 g/mol. The Balaban J connectivity index is 2.56. The van der Waals surface area contributed by atoms with E-state index in [9.17, 15) is 0 Å². The van der Waals surface area contributed by atoms with Crippen LogP contribution in [0.2, 0.25) is 0 Å². The van der Waals surface area contributed by atoms with Crippen LogP contribution in [0.5, 0.6) is 0 Å².